The van der Waals surface area contributed by atoms with E-state index in [9.17, 15) is 4.79 Å². The molecular weight excluding hydrogens is 130 g/mol. The molecule has 0 unspecified atom stereocenters. The fraction of sp³-hybridized carbons (Fsp3) is 0. The molecule has 9 heteroatoms. The second-order valence-corrected chi connectivity index (χ2v) is 1.62. The van der Waals surface area contributed by atoms with Crippen LogP contribution in [-0.4, -0.2) is 33.5 Å². The predicted molar refractivity (Wildman–Crippen MR) is 38.1 cm³/mol. The van der Waals surface area contributed by atoms with Gasteiger partial charge in [0, 0.05) is 0 Å². The molecule has 1 heterocycles. The first-order valence-corrected chi connectivity index (χ1v) is 2.64. The van der Waals surface area contributed by atoms with Gasteiger partial charge in [-0.15, -0.1) is 0 Å². The first-order chi connectivity index (χ1) is 4.79. The van der Waals surface area contributed by atoms with Crippen LogP contribution in [0, 0.1) is 0 Å². The Balaban J connectivity index is 2.19. The van der Waals surface area contributed by atoms with Gasteiger partial charge in [-0.05, 0) is 0 Å². The predicted octanol–water partition coefficient (Wildman–Crippen LogP) is -3.33. The zero-order chi connectivity index (χ0) is 7.40. The van der Waals surface area contributed by atoms with E-state index in [0.717, 1.165) is 0 Å². The molecule has 49 valence electrons. The maximum absolute atomic E-state index is 10.2. The number of hydrogen-bond acceptors (Lipinski definition) is 4. The van der Waals surface area contributed by atoms with Crippen molar-refractivity contribution in [3.05, 3.63) is 0 Å². The summed E-state index contributed by atoms with van der Waals surface area (Å²) in [5.74, 6) is 0. The lowest BCUT2D eigenvalue weighted by Gasteiger charge is -2.24. The van der Waals surface area contributed by atoms with Crippen molar-refractivity contribution in [3.63, 3.8) is 0 Å². The normalized spacial score (nSPS) is 18.0. The number of nitrogens with zero attached hydrogens (tertiary/aromatic N) is 1. The van der Waals surface area contributed by atoms with E-state index in [-0.39, 0.29) is 0 Å². The van der Waals surface area contributed by atoms with Gasteiger partial charge in [0.25, 0.3) is 7.55 Å². The lowest BCUT2D eigenvalue weighted by Crippen LogP contribution is -2.64. The lowest BCUT2D eigenvalue weighted by atomic mass is 9.83. The Morgan fingerprint density at radius 2 is 2.10 bits per heavy atom. The summed E-state index contributed by atoms with van der Waals surface area (Å²) in [5, 5.41) is 5.41. The largest absolute Gasteiger partial charge is 0.378 e. The Morgan fingerprint density at radius 1 is 1.50 bits per heavy atom. The molecule has 1 aliphatic rings. The maximum Gasteiger partial charge on any atom is 0.324 e. The van der Waals surface area contributed by atoms with Crippen molar-refractivity contribution in [3.8, 4) is 0 Å². The van der Waals surface area contributed by atoms with E-state index in [0.29, 0.717) is 0 Å². The van der Waals surface area contributed by atoms with Gasteiger partial charge >= 0.3 is 21.1 Å². The van der Waals surface area contributed by atoms with E-state index in [4.69, 9.17) is 5.73 Å². The summed E-state index contributed by atoms with van der Waals surface area (Å²) in [6.07, 6.45) is 0. The Hall–Kier alpha value is -0.655. The molecule has 0 atom stereocenters. The number of carbonyl (C=O) groups is 1. The molecule has 3 radical (unpaired) electrons. The molecule has 1 saturated heterocycles. The first-order valence-electron chi connectivity index (χ1n) is 2.64. The molecule has 0 aromatic heterocycles. The van der Waals surface area contributed by atoms with Gasteiger partial charge in [0.05, 0.1) is 0 Å². The number of urea groups is 1. The zero-order valence-corrected chi connectivity index (χ0v) is 5.16. The van der Waals surface area contributed by atoms with Gasteiger partial charge in [0.15, 0.2) is 0 Å². The molecule has 10 heavy (non-hydrogen) atoms. The third-order valence-electron chi connectivity index (χ3n) is 0.833. The zero-order valence-electron chi connectivity index (χ0n) is 5.16. The Bertz CT molecular complexity index is 124. The molecule has 1 fully saturated rings. The number of amides is 2. The summed E-state index contributed by atoms with van der Waals surface area (Å²) >= 11 is 0. The van der Waals surface area contributed by atoms with Crippen LogP contribution in [-0.2, 0) is 0 Å². The molecule has 0 spiro atoms. The van der Waals surface area contributed by atoms with Crippen molar-refractivity contribution in [2.75, 3.05) is 0 Å². The van der Waals surface area contributed by atoms with Crippen molar-refractivity contribution in [2.45, 2.75) is 0 Å². The van der Waals surface area contributed by atoms with Crippen molar-refractivity contribution >= 4 is 28.7 Å². The molecule has 1 aliphatic heterocycles. The van der Waals surface area contributed by atoms with Crippen molar-refractivity contribution in [1.82, 2.24) is 20.5 Å². The molecule has 6 nitrogen and oxygen atoms in total. The molecule has 0 bridgehead atoms. The van der Waals surface area contributed by atoms with Crippen LogP contribution in [0.25, 0.3) is 0 Å². The van der Waals surface area contributed by atoms with E-state index in [2.05, 4.69) is 15.7 Å². The molecule has 0 aromatic carbocycles. The van der Waals surface area contributed by atoms with Crippen LogP contribution in [0.4, 0.5) is 4.79 Å². The molecule has 2 amide bonds. The van der Waals surface area contributed by atoms with Crippen LogP contribution in [0.3, 0.4) is 0 Å². The van der Waals surface area contributed by atoms with Gasteiger partial charge in [-0.25, -0.2) is 4.79 Å². The van der Waals surface area contributed by atoms with Gasteiger partial charge in [-0.3, -0.25) is 10.3 Å². The average molecular weight is 136 g/mol. The van der Waals surface area contributed by atoms with E-state index in [1.165, 1.54) is 19.9 Å². The van der Waals surface area contributed by atoms with E-state index >= 15 is 0 Å². The smallest absolute Gasteiger partial charge is 0.324 e. The third-order valence-corrected chi connectivity index (χ3v) is 0.833. The minimum Gasteiger partial charge on any atom is -0.378 e. The fourth-order valence-electron chi connectivity index (χ4n) is 0.512. The monoisotopic (exact) mass is 136 g/mol. The van der Waals surface area contributed by atoms with E-state index in [1.54, 1.807) is 7.55 Å². The highest BCUT2D eigenvalue weighted by molar-refractivity contribution is 6.65. The quantitative estimate of drug-likeness (QED) is 0.284. The number of hydrogen-bond donors (Lipinski definition) is 4. The lowest BCUT2D eigenvalue weighted by molar-refractivity contribution is 0.240. The number of carbonyl (C=O) groups excluding carboxylic acids is 1. The average Bonchev–Trinajstić information content (AvgIpc) is 1.88. The number of rotatable bonds is 1. The minimum atomic E-state index is -0.613. The number of nitrogens with two attached hydrogens (primary N) is 1. The standard InChI is InChI=1S/CH5B3N5O/c5-1(10)6-9-3-7-2-8-4-9/h7-8H,(H3,5,6,10). The number of nitrogens with one attached hydrogen (secondary N) is 3. The van der Waals surface area contributed by atoms with Gasteiger partial charge in [-0.1, -0.05) is 0 Å². The van der Waals surface area contributed by atoms with Gasteiger partial charge < -0.3 is 16.0 Å². The topological polar surface area (TPSA) is 82.4 Å². The van der Waals surface area contributed by atoms with Crippen molar-refractivity contribution < 1.29 is 4.79 Å². The molecular formula is CH5B3N5O. The molecule has 0 saturated carbocycles. The van der Waals surface area contributed by atoms with E-state index in [1.807, 2.05) is 0 Å². The molecule has 1 rings (SSSR count). The van der Waals surface area contributed by atoms with Crippen LogP contribution in [0.2, 0.25) is 0 Å². The summed E-state index contributed by atoms with van der Waals surface area (Å²) in [6.45, 7) is 0. The van der Waals surface area contributed by atoms with Crippen LogP contribution in [0.5, 0.6) is 0 Å². The Labute approximate surface area is 60.7 Å². The Morgan fingerprint density at radius 3 is 2.60 bits per heavy atom. The highest BCUT2D eigenvalue weighted by Gasteiger charge is 2.14. The fourth-order valence-corrected chi connectivity index (χ4v) is 0.512. The molecule has 0 aliphatic carbocycles. The maximum atomic E-state index is 10.2. The number of hydrazine groups is 1. The second-order valence-electron chi connectivity index (χ2n) is 1.62. The van der Waals surface area contributed by atoms with E-state index < -0.39 is 6.03 Å². The first kappa shape index (κ1) is 7.45. The van der Waals surface area contributed by atoms with Gasteiger partial charge in [-0.2, -0.15) is 0 Å². The second kappa shape index (κ2) is 3.50. The molecule has 0 aromatic rings. The van der Waals surface area contributed by atoms with Crippen LogP contribution in [0.15, 0.2) is 0 Å². The SMILES string of the molecule is NC(=O)NN1[B]N[B]N[B]1. The van der Waals surface area contributed by atoms with Crippen molar-refractivity contribution in [2.24, 2.45) is 5.73 Å². The highest BCUT2D eigenvalue weighted by Crippen LogP contribution is 1.72. The summed E-state index contributed by atoms with van der Waals surface area (Å²) in [7, 11) is 4.65. The third kappa shape index (κ3) is 2.30. The summed E-state index contributed by atoms with van der Waals surface area (Å²) in [4.78, 5) is 11.6. The minimum absolute atomic E-state index is 0.613. The highest BCUT2D eigenvalue weighted by atomic mass is 16.2. The van der Waals surface area contributed by atoms with Gasteiger partial charge in [0.1, 0.15) is 0 Å². The Kier molecular flexibility index (Phi) is 2.61. The number of primary amides is 1. The summed E-state index contributed by atoms with van der Waals surface area (Å²) in [6, 6.07) is -0.613. The van der Waals surface area contributed by atoms with Crippen LogP contribution in [0.1, 0.15) is 0 Å². The molecule has 5 N–H and O–H groups in total. The summed E-state index contributed by atoms with van der Waals surface area (Å²) < 4.78 is 0. The van der Waals surface area contributed by atoms with Gasteiger partial charge in [0.2, 0.25) is 0 Å². The van der Waals surface area contributed by atoms with Crippen LogP contribution < -0.4 is 21.4 Å². The summed E-state index contributed by atoms with van der Waals surface area (Å²) in [5.41, 5.74) is 7.12. The van der Waals surface area contributed by atoms with Crippen molar-refractivity contribution in [1.29, 1.82) is 0 Å². The van der Waals surface area contributed by atoms with Crippen LogP contribution >= 0.6 is 0 Å².